The number of fused-ring (bicyclic) bond motifs is 1. The summed E-state index contributed by atoms with van der Waals surface area (Å²) in [7, 11) is 0. The predicted octanol–water partition coefficient (Wildman–Crippen LogP) is 4.67. The van der Waals surface area contributed by atoms with Gasteiger partial charge in [0.05, 0.1) is 5.56 Å². The van der Waals surface area contributed by atoms with E-state index in [2.05, 4.69) is 26.1 Å². The first-order valence-electron chi connectivity index (χ1n) is 8.90. The van der Waals surface area contributed by atoms with Crippen molar-refractivity contribution in [3.8, 4) is 0 Å². The van der Waals surface area contributed by atoms with E-state index < -0.39 is 23.5 Å². The number of benzene rings is 1. The molecule has 0 bridgehead atoms. The van der Waals surface area contributed by atoms with Crippen LogP contribution in [-0.2, 0) is 6.18 Å². The number of rotatable bonds is 2. The number of likely N-dealkylation sites (tertiary alicyclic amines) is 1. The Balaban J connectivity index is 1.53. The number of alkyl halides is 3. The van der Waals surface area contributed by atoms with E-state index in [1.54, 1.807) is 27.6 Å². The predicted molar refractivity (Wildman–Crippen MR) is 100.0 cm³/mol. The van der Waals surface area contributed by atoms with Crippen LogP contribution < -0.4 is 0 Å². The summed E-state index contributed by atoms with van der Waals surface area (Å²) in [6.45, 7) is 0.558. The molecule has 0 radical (unpaired) electrons. The Bertz CT molecular complexity index is 1070. The van der Waals surface area contributed by atoms with Gasteiger partial charge in [0.1, 0.15) is 5.82 Å². The number of piperidine rings is 1. The molecule has 1 amide bonds. The molecule has 0 atom stereocenters. The zero-order valence-electron chi connectivity index (χ0n) is 15.0. The van der Waals surface area contributed by atoms with Gasteiger partial charge in [0, 0.05) is 23.8 Å². The van der Waals surface area contributed by atoms with Crippen molar-refractivity contribution in [1.29, 1.82) is 0 Å². The molecule has 1 saturated heterocycles. The molecule has 3 aromatic rings. The Hall–Kier alpha value is -2.49. The van der Waals surface area contributed by atoms with Crippen LogP contribution in [-0.4, -0.2) is 38.5 Å². The van der Waals surface area contributed by atoms with Gasteiger partial charge in [-0.15, -0.1) is 10.2 Å². The second-order valence-corrected chi connectivity index (χ2v) is 7.81. The minimum Gasteiger partial charge on any atom is -0.336 e. The van der Waals surface area contributed by atoms with Gasteiger partial charge in [-0.25, -0.2) is 4.39 Å². The summed E-state index contributed by atoms with van der Waals surface area (Å²) in [5, 5.41) is 7.92. The average Bonchev–Trinajstić information content (AvgIpc) is 3.10. The Labute approximate surface area is 171 Å². The fourth-order valence-electron chi connectivity index (χ4n) is 3.68. The van der Waals surface area contributed by atoms with Crippen molar-refractivity contribution in [2.75, 3.05) is 13.1 Å². The maximum Gasteiger partial charge on any atom is 0.416 e. The van der Waals surface area contributed by atoms with Crippen LogP contribution in [0.4, 0.5) is 17.6 Å². The summed E-state index contributed by atoms with van der Waals surface area (Å²) in [5.74, 6) is -1.50. The third-order valence-corrected chi connectivity index (χ3v) is 5.57. The summed E-state index contributed by atoms with van der Waals surface area (Å²) in [6, 6.07) is 6.28. The summed E-state index contributed by atoms with van der Waals surface area (Å²) in [5.41, 5.74) is -0.356. The molecule has 1 aromatic carbocycles. The van der Waals surface area contributed by atoms with Crippen LogP contribution in [0.3, 0.4) is 0 Å². The molecule has 3 heterocycles. The molecule has 29 heavy (non-hydrogen) atoms. The zero-order valence-corrected chi connectivity index (χ0v) is 16.5. The Morgan fingerprint density at radius 3 is 2.52 bits per heavy atom. The normalized spacial score (nSPS) is 15.8. The number of carbonyl (C=O) groups excluding carboxylic acids is 1. The van der Waals surface area contributed by atoms with Gasteiger partial charge in [-0.3, -0.25) is 9.20 Å². The molecule has 1 aliphatic heterocycles. The molecule has 5 nitrogen and oxygen atoms in total. The molecule has 10 heteroatoms. The van der Waals surface area contributed by atoms with Crippen molar-refractivity contribution >= 4 is 27.5 Å². The van der Waals surface area contributed by atoms with E-state index in [0.717, 1.165) is 10.5 Å². The van der Waals surface area contributed by atoms with Crippen molar-refractivity contribution < 1.29 is 22.4 Å². The molecule has 0 N–H and O–H groups in total. The molecular formula is C19H15BrF4N4O. The highest BCUT2D eigenvalue weighted by Crippen LogP contribution is 2.39. The lowest BCUT2D eigenvalue weighted by atomic mass is 9.86. The molecule has 1 aliphatic rings. The quantitative estimate of drug-likeness (QED) is 0.511. The number of amides is 1. The van der Waals surface area contributed by atoms with Crippen molar-refractivity contribution in [3.05, 3.63) is 63.8 Å². The van der Waals surface area contributed by atoms with Crippen molar-refractivity contribution in [2.24, 2.45) is 0 Å². The van der Waals surface area contributed by atoms with E-state index in [0.29, 0.717) is 24.6 Å². The first-order chi connectivity index (χ1) is 13.7. The lowest BCUT2D eigenvalue weighted by Gasteiger charge is -2.32. The second kappa shape index (κ2) is 7.40. The monoisotopic (exact) mass is 470 g/mol. The summed E-state index contributed by atoms with van der Waals surface area (Å²) >= 11 is 3.34. The first-order valence-corrected chi connectivity index (χ1v) is 9.69. The molecule has 4 rings (SSSR count). The van der Waals surface area contributed by atoms with Gasteiger partial charge in [0.2, 0.25) is 5.82 Å². The number of halogens is 5. The Kier molecular flexibility index (Phi) is 5.05. The van der Waals surface area contributed by atoms with Gasteiger partial charge >= 0.3 is 6.18 Å². The smallest absolute Gasteiger partial charge is 0.336 e. The van der Waals surface area contributed by atoms with E-state index >= 15 is 0 Å². The topological polar surface area (TPSA) is 50.5 Å². The van der Waals surface area contributed by atoms with E-state index in [4.69, 9.17) is 0 Å². The molecule has 1 fully saturated rings. The average molecular weight is 471 g/mol. The van der Waals surface area contributed by atoms with Gasteiger partial charge in [-0.1, -0.05) is 6.07 Å². The van der Waals surface area contributed by atoms with Crippen molar-refractivity contribution in [2.45, 2.75) is 24.9 Å². The molecule has 0 saturated carbocycles. The molecule has 0 unspecified atom stereocenters. The van der Waals surface area contributed by atoms with E-state index in [1.807, 2.05) is 0 Å². The standard InChI is InChI=1S/C19H15BrF4N4O/c20-12-1-4-16-25-26-17(28(16)10-12)18(29)27-7-5-11(6-8-27)14-3-2-13(21)9-15(14)19(22,23)24/h1-4,9-11H,5-8H2. The third kappa shape index (κ3) is 3.85. The fraction of sp³-hybridized carbons (Fsp3) is 0.316. The maximum absolute atomic E-state index is 13.4. The van der Waals surface area contributed by atoms with Crippen LogP contribution in [0.5, 0.6) is 0 Å². The highest BCUT2D eigenvalue weighted by atomic mass is 79.9. The van der Waals surface area contributed by atoms with E-state index in [-0.39, 0.29) is 30.4 Å². The van der Waals surface area contributed by atoms with Crippen LogP contribution in [0.2, 0.25) is 0 Å². The third-order valence-electron chi connectivity index (χ3n) is 5.10. The summed E-state index contributed by atoms with van der Waals surface area (Å²) in [4.78, 5) is 14.4. The number of pyridine rings is 1. The second-order valence-electron chi connectivity index (χ2n) is 6.89. The highest BCUT2D eigenvalue weighted by Gasteiger charge is 2.37. The number of nitrogens with zero attached hydrogens (tertiary/aromatic N) is 4. The molecule has 0 aliphatic carbocycles. The fourth-order valence-corrected chi connectivity index (χ4v) is 4.01. The lowest BCUT2D eigenvalue weighted by molar-refractivity contribution is -0.138. The van der Waals surface area contributed by atoms with Crippen molar-refractivity contribution in [1.82, 2.24) is 19.5 Å². The van der Waals surface area contributed by atoms with Crippen LogP contribution in [0.25, 0.3) is 5.65 Å². The van der Waals surface area contributed by atoms with Crippen LogP contribution >= 0.6 is 15.9 Å². The number of carbonyl (C=O) groups is 1. The van der Waals surface area contributed by atoms with Gasteiger partial charge in [-0.2, -0.15) is 13.2 Å². The van der Waals surface area contributed by atoms with E-state index in [1.165, 1.54) is 6.07 Å². The van der Waals surface area contributed by atoms with Gasteiger partial charge < -0.3 is 4.90 Å². The SMILES string of the molecule is O=C(c1nnc2ccc(Br)cn12)N1CCC(c2ccc(F)cc2C(F)(F)F)CC1. The van der Waals surface area contributed by atoms with Gasteiger partial charge in [0.15, 0.2) is 5.65 Å². The highest BCUT2D eigenvalue weighted by molar-refractivity contribution is 9.10. The van der Waals surface area contributed by atoms with Gasteiger partial charge in [0.25, 0.3) is 5.91 Å². The lowest BCUT2D eigenvalue weighted by Crippen LogP contribution is -2.39. The van der Waals surface area contributed by atoms with Crippen molar-refractivity contribution in [3.63, 3.8) is 0 Å². The zero-order chi connectivity index (χ0) is 20.8. The van der Waals surface area contributed by atoms with Gasteiger partial charge in [-0.05, 0) is 64.5 Å². The molecular weight excluding hydrogens is 456 g/mol. The van der Waals surface area contributed by atoms with Crippen LogP contribution in [0.15, 0.2) is 41.0 Å². The molecule has 152 valence electrons. The minimum absolute atomic E-state index is 0.0721. The summed E-state index contributed by atoms with van der Waals surface area (Å²) in [6.07, 6.45) is -2.25. The van der Waals surface area contributed by atoms with E-state index in [9.17, 15) is 22.4 Å². The first kappa shape index (κ1) is 19.8. The number of aromatic nitrogens is 3. The maximum atomic E-state index is 13.4. The molecule has 0 spiro atoms. The number of hydrogen-bond acceptors (Lipinski definition) is 3. The van der Waals surface area contributed by atoms with Crippen LogP contribution in [0.1, 0.15) is 40.5 Å². The summed E-state index contributed by atoms with van der Waals surface area (Å²) < 4.78 is 55.6. The Morgan fingerprint density at radius 2 is 1.83 bits per heavy atom. The largest absolute Gasteiger partial charge is 0.416 e. The Morgan fingerprint density at radius 1 is 1.10 bits per heavy atom. The minimum atomic E-state index is -4.63. The molecule has 2 aromatic heterocycles. The number of hydrogen-bond donors (Lipinski definition) is 0. The van der Waals surface area contributed by atoms with Crippen LogP contribution in [0, 0.1) is 5.82 Å².